The highest BCUT2D eigenvalue weighted by Crippen LogP contribution is 2.33. The van der Waals surface area contributed by atoms with Crippen molar-refractivity contribution in [1.82, 2.24) is 0 Å². The Hall–Kier alpha value is -1.07. The van der Waals surface area contributed by atoms with Crippen molar-refractivity contribution < 1.29 is 14.6 Å². The van der Waals surface area contributed by atoms with Gasteiger partial charge in [-0.05, 0) is 35.0 Å². The number of carboxylic acids is 1. The number of carboxylic acid groups (broad SMARTS) is 1. The molecule has 5 heteroatoms. The Balaban J connectivity index is 2.31. The van der Waals surface area contributed by atoms with E-state index in [-0.39, 0.29) is 6.10 Å². The molecule has 1 saturated heterocycles. The molecule has 0 aromatic heterocycles. The van der Waals surface area contributed by atoms with Crippen molar-refractivity contribution in [2.75, 3.05) is 11.9 Å². The number of halogens is 1. The molecule has 2 rings (SSSR count). The van der Waals surface area contributed by atoms with Crippen molar-refractivity contribution in [3.8, 4) is 0 Å². The zero-order valence-corrected chi connectivity index (χ0v) is 11.0. The molecule has 0 radical (unpaired) electrons. The number of benzene rings is 1. The first-order valence-corrected chi connectivity index (χ1v) is 6.23. The van der Waals surface area contributed by atoms with Crippen LogP contribution in [0.2, 0.25) is 0 Å². The summed E-state index contributed by atoms with van der Waals surface area (Å²) in [4.78, 5) is 11.5. The molecule has 17 heavy (non-hydrogen) atoms. The van der Waals surface area contributed by atoms with E-state index in [9.17, 15) is 9.90 Å². The van der Waals surface area contributed by atoms with Crippen molar-refractivity contribution >= 4 is 27.6 Å². The van der Waals surface area contributed by atoms with E-state index in [0.29, 0.717) is 13.0 Å². The molecule has 1 aromatic carbocycles. The van der Waals surface area contributed by atoms with E-state index in [0.717, 1.165) is 10.2 Å². The molecule has 2 unspecified atom stereocenters. The Morgan fingerprint density at radius 3 is 2.82 bits per heavy atom. The largest absolute Gasteiger partial charge is 0.479 e. The first-order valence-electron chi connectivity index (χ1n) is 5.44. The summed E-state index contributed by atoms with van der Waals surface area (Å²) in [5, 5.41) is 12.5. The van der Waals surface area contributed by atoms with Gasteiger partial charge in [0, 0.05) is 23.2 Å². The van der Waals surface area contributed by atoms with Gasteiger partial charge in [0.15, 0.2) is 5.54 Å². The number of hydrogen-bond donors (Lipinski definition) is 2. The van der Waals surface area contributed by atoms with Crippen LogP contribution >= 0.6 is 15.9 Å². The van der Waals surface area contributed by atoms with Gasteiger partial charge in [0.05, 0.1) is 6.10 Å². The van der Waals surface area contributed by atoms with Crippen molar-refractivity contribution in [2.24, 2.45) is 0 Å². The summed E-state index contributed by atoms with van der Waals surface area (Å²) in [5.74, 6) is -0.877. The van der Waals surface area contributed by atoms with Crippen molar-refractivity contribution in [1.29, 1.82) is 0 Å². The molecule has 1 aromatic rings. The lowest BCUT2D eigenvalue weighted by Crippen LogP contribution is -2.51. The standard InChI is InChI=1S/C12H14BrNO3/c1-8-12(11(15)16,6-7-17-8)14-10-5-3-2-4-9(10)13/h2-5,8,14H,6-7H2,1H3,(H,15,16). The predicted octanol–water partition coefficient (Wildman–Crippen LogP) is 2.49. The van der Waals surface area contributed by atoms with Gasteiger partial charge in [-0.2, -0.15) is 0 Å². The number of carbonyl (C=O) groups is 1. The number of hydrogen-bond acceptors (Lipinski definition) is 3. The van der Waals surface area contributed by atoms with Crippen LogP contribution in [0.5, 0.6) is 0 Å². The third-order valence-electron chi connectivity index (χ3n) is 3.17. The second kappa shape index (κ2) is 4.66. The molecular weight excluding hydrogens is 286 g/mol. The normalized spacial score (nSPS) is 28.0. The van der Waals surface area contributed by atoms with Crippen LogP contribution in [-0.2, 0) is 9.53 Å². The topological polar surface area (TPSA) is 58.6 Å². The monoisotopic (exact) mass is 299 g/mol. The van der Waals surface area contributed by atoms with Gasteiger partial charge in [0.25, 0.3) is 0 Å². The molecule has 4 nitrogen and oxygen atoms in total. The molecule has 0 aliphatic carbocycles. The lowest BCUT2D eigenvalue weighted by molar-refractivity contribution is -0.143. The van der Waals surface area contributed by atoms with Crippen molar-refractivity contribution in [2.45, 2.75) is 25.0 Å². The van der Waals surface area contributed by atoms with Crippen LogP contribution < -0.4 is 5.32 Å². The van der Waals surface area contributed by atoms with Gasteiger partial charge in [0.2, 0.25) is 0 Å². The summed E-state index contributed by atoms with van der Waals surface area (Å²) in [7, 11) is 0. The van der Waals surface area contributed by atoms with Crippen LogP contribution in [0.3, 0.4) is 0 Å². The number of anilines is 1. The van der Waals surface area contributed by atoms with Gasteiger partial charge in [-0.25, -0.2) is 4.79 Å². The highest BCUT2D eigenvalue weighted by atomic mass is 79.9. The SMILES string of the molecule is CC1OCCC1(Nc1ccccc1Br)C(=O)O. The van der Waals surface area contributed by atoms with Crippen molar-refractivity contribution in [3.63, 3.8) is 0 Å². The summed E-state index contributed by atoms with van der Waals surface area (Å²) in [6.45, 7) is 2.25. The van der Waals surface area contributed by atoms with E-state index in [1.165, 1.54) is 0 Å². The Labute approximate surface area is 108 Å². The number of para-hydroxylation sites is 1. The van der Waals surface area contributed by atoms with Crippen LogP contribution in [0.4, 0.5) is 5.69 Å². The fourth-order valence-corrected chi connectivity index (χ4v) is 2.43. The van der Waals surface area contributed by atoms with Crippen LogP contribution in [0, 0.1) is 0 Å². The number of rotatable bonds is 3. The van der Waals surface area contributed by atoms with Gasteiger partial charge in [-0.15, -0.1) is 0 Å². The third-order valence-corrected chi connectivity index (χ3v) is 3.86. The minimum absolute atomic E-state index is 0.355. The van der Waals surface area contributed by atoms with E-state index in [1.54, 1.807) is 6.92 Å². The smallest absolute Gasteiger partial charge is 0.332 e. The maximum Gasteiger partial charge on any atom is 0.332 e. The summed E-state index contributed by atoms with van der Waals surface area (Å²) in [6.07, 6.45) is 0.109. The summed E-state index contributed by atoms with van der Waals surface area (Å²) >= 11 is 3.40. The number of aliphatic carboxylic acids is 1. The highest BCUT2D eigenvalue weighted by molar-refractivity contribution is 9.10. The maximum absolute atomic E-state index is 11.5. The summed E-state index contributed by atoms with van der Waals surface area (Å²) < 4.78 is 6.23. The molecule has 2 atom stereocenters. The Morgan fingerprint density at radius 1 is 1.59 bits per heavy atom. The lowest BCUT2D eigenvalue weighted by Gasteiger charge is -2.30. The zero-order chi connectivity index (χ0) is 12.5. The van der Waals surface area contributed by atoms with E-state index < -0.39 is 11.5 Å². The number of nitrogens with one attached hydrogen (secondary N) is 1. The molecule has 0 bridgehead atoms. The van der Waals surface area contributed by atoms with E-state index in [4.69, 9.17) is 4.74 Å². The van der Waals surface area contributed by atoms with Gasteiger partial charge in [-0.1, -0.05) is 12.1 Å². The molecule has 1 aliphatic heterocycles. The van der Waals surface area contributed by atoms with Crippen LogP contribution in [0.1, 0.15) is 13.3 Å². The quantitative estimate of drug-likeness (QED) is 0.900. The molecule has 1 fully saturated rings. The van der Waals surface area contributed by atoms with Gasteiger partial charge in [0.1, 0.15) is 0 Å². The lowest BCUT2D eigenvalue weighted by atomic mass is 9.91. The highest BCUT2D eigenvalue weighted by Gasteiger charge is 2.48. The second-order valence-corrected chi connectivity index (χ2v) is 5.00. The fraction of sp³-hybridized carbons (Fsp3) is 0.417. The maximum atomic E-state index is 11.5. The average Bonchev–Trinajstić information content (AvgIpc) is 2.65. The minimum atomic E-state index is -1.04. The molecule has 0 saturated carbocycles. The fourth-order valence-electron chi connectivity index (χ4n) is 2.04. The van der Waals surface area contributed by atoms with Crippen molar-refractivity contribution in [3.05, 3.63) is 28.7 Å². The summed E-state index contributed by atoms with van der Waals surface area (Å²) in [6, 6.07) is 7.47. The average molecular weight is 300 g/mol. The van der Waals surface area contributed by atoms with E-state index in [1.807, 2.05) is 24.3 Å². The molecule has 1 heterocycles. The van der Waals surface area contributed by atoms with E-state index >= 15 is 0 Å². The predicted molar refractivity (Wildman–Crippen MR) is 68.2 cm³/mol. The second-order valence-electron chi connectivity index (χ2n) is 4.14. The van der Waals surface area contributed by atoms with Gasteiger partial charge < -0.3 is 15.2 Å². The molecule has 1 aliphatic rings. The first-order chi connectivity index (χ1) is 8.06. The van der Waals surface area contributed by atoms with Crippen LogP contribution in [-0.4, -0.2) is 29.3 Å². The number of ether oxygens (including phenoxy) is 1. The van der Waals surface area contributed by atoms with Crippen LogP contribution in [0.25, 0.3) is 0 Å². The third kappa shape index (κ3) is 2.17. The van der Waals surface area contributed by atoms with Gasteiger partial charge in [-0.3, -0.25) is 0 Å². The Bertz CT molecular complexity index is 438. The molecule has 92 valence electrons. The van der Waals surface area contributed by atoms with E-state index in [2.05, 4.69) is 21.2 Å². The summed E-state index contributed by atoms with van der Waals surface area (Å²) in [5.41, 5.74) is -0.267. The Kier molecular flexibility index (Phi) is 3.40. The van der Waals surface area contributed by atoms with Gasteiger partial charge >= 0.3 is 5.97 Å². The minimum Gasteiger partial charge on any atom is -0.479 e. The molecule has 0 amide bonds. The zero-order valence-electron chi connectivity index (χ0n) is 9.44. The first kappa shape index (κ1) is 12.4. The molecule has 0 spiro atoms. The van der Waals surface area contributed by atoms with Crippen LogP contribution in [0.15, 0.2) is 28.7 Å². The Morgan fingerprint density at radius 2 is 2.29 bits per heavy atom. The molecular formula is C12H14BrNO3. The molecule has 2 N–H and O–H groups in total.